The van der Waals surface area contributed by atoms with Crippen molar-refractivity contribution >= 4 is 27.5 Å². The summed E-state index contributed by atoms with van der Waals surface area (Å²) in [5.74, 6) is 0. The lowest BCUT2D eigenvalue weighted by atomic mass is 10.3. The highest BCUT2D eigenvalue weighted by molar-refractivity contribution is 7.98. The van der Waals surface area contributed by atoms with Gasteiger partial charge in [-0.05, 0) is 49.6 Å². The molecule has 136 valence electrons. The van der Waals surface area contributed by atoms with Gasteiger partial charge in [0.25, 0.3) is 15.6 Å². The predicted molar refractivity (Wildman–Crippen MR) is 105 cm³/mol. The fourth-order valence-electron chi connectivity index (χ4n) is 2.63. The van der Waals surface area contributed by atoms with Gasteiger partial charge in [-0.15, -0.1) is 11.8 Å². The maximum absolute atomic E-state index is 12.8. The van der Waals surface area contributed by atoms with Crippen LogP contribution in [0.3, 0.4) is 0 Å². The zero-order valence-electron chi connectivity index (χ0n) is 14.6. The monoisotopic (exact) mass is 389 g/mol. The number of sulfonamides is 1. The first kappa shape index (κ1) is 18.3. The van der Waals surface area contributed by atoms with Crippen molar-refractivity contribution in [3.8, 4) is 5.69 Å². The van der Waals surface area contributed by atoms with E-state index in [1.807, 2.05) is 24.5 Å². The highest BCUT2D eigenvalue weighted by Crippen LogP contribution is 2.21. The molecule has 0 fully saturated rings. The molecule has 0 aliphatic rings. The Morgan fingerprint density at radius 2 is 1.62 bits per heavy atom. The summed E-state index contributed by atoms with van der Waals surface area (Å²) in [5, 5.41) is 0. The molecule has 0 bridgehead atoms. The van der Waals surface area contributed by atoms with Gasteiger partial charge in [-0.25, -0.2) is 13.1 Å². The Balaban J connectivity index is 2.04. The first-order valence-corrected chi connectivity index (χ1v) is 10.6. The number of anilines is 1. The normalized spacial score (nSPS) is 11.5. The number of hydrogen-bond donors (Lipinski definition) is 1. The number of nitrogens with one attached hydrogen (secondary N) is 1. The molecule has 0 atom stereocenters. The molecular weight excluding hydrogens is 370 g/mol. The van der Waals surface area contributed by atoms with E-state index in [4.69, 9.17) is 0 Å². The summed E-state index contributed by atoms with van der Waals surface area (Å²) in [4.78, 5) is 13.9. The average Bonchev–Trinajstić information content (AvgIpc) is 2.85. The second-order valence-corrected chi connectivity index (χ2v) is 8.28. The van der Waals surface area contributed by atoms with Gasteiger partial charge >= 0.3 is 0 Å². The Labute approximate surface area is 156 Å². The van der Waals surface area contributed by atoms with Crippen LogP contribution in [0.4, 0.5) is 5.69 Å². The largest absolute Gasteiger partial charge is 0.296 e. The van der Waals surface area contributed by atoms with Gasteiger partial charge in [-0.1, -0.05) is 18.2 Å². The number of aromatic nitrogens is 2. The Kier molecular flexibility index (Phi) is 4.97. The standard InChI is InChI=1S/C18H19N3O3S2/c1-13-17(18(22)21(20(13)2)14-7-5-4-6-8-14)19-26(23,24)16-11-9-15(25-3)10-12-16/h4-12,19H,1-3H3. The second-order valence-electron chi connectivity index (χ2n) is 5.72. The average molecular weight is 390 g/mol. The highest BCUT2D eigenvalue weighted by Gasteiger charge is 2.22. The molecule has 0 amide bonds. The van der Waals surface area contributed by atoms with E-state index in [0.717, 1.165) is 4.90 Å². The van der Waals surface area contributed by atoms with Crippen molar-refractivity contribution in [3.63, 3.8) is 0 Å². The van der Waals surface area contributed by atoms with Gasteiger partial charge in [0.2, 0.25) is 0 Å². The van der Waals surface area contributed by atoms with E-state index in [2.05, 4.69) is 4.72 Å². The summed E-state index contributed by atoms with van der Waals surface area (Å²) >= 11 is 1.53. The minimum atomic E-state index is -3.85. The van der Waals surface area contributed by atoms with Gasteiger partial charge in [0.15, 0.2) is 0 Å². The number of rotatable bonds is 5. The molecule has 0 radical (unpaired) electrons. The molecule has 1 N–H and O–H groups in total. The minimum Gasteiger partial charge on any atom is -0.283 e. The second kappa shape index (κ2) is 7.05. The molecule has 2 aromatic carbocycles. The molecule has 8 heteroatoms. The first-order chi connectivity index (χ1) is 12.3. The summed E-state index contributed by atoms with van der Waals surface area (Å²) < 4.78 is 30.9. The van der Waals surface area contributed by atoms with Crippen LogP contribution in [0.25, 0.3) is 5.69 Å². The summed E-state index contributed by atoms with van der Waals surface area (Å²) in [7, 11) is -2.14. The van der Waals surface area contributed by atoms with E-state index in [1.54, 1.807) is 42.9 Å². The number of para-hydroxylation sites is 1. The molecule has 3 rings (SSSR count). The molecule has 0 aliphatic heterocycles. The molecule has 0 saturated heterocycles. The maximum atomic E-state index is 12.8. The van der Waals surface area contributed by atoms with E-state index in [1.165, 1.54) is 28.6 Å². The maximum Gasteiger partial charge on any atom is 0.296 e. The summed E-state index contributed by atoms with van der Waals surface area (Å²) in [5.41, 5.74) is 0.826. The smallest absolute Gasteiger partial charge is 0.283 e. The Hall–Kier alpha value is -2.45. The lowest BCUT2D eigenvalue weighted by Crippen LogP contribution is -2.23. The zero-order chi connectivity index (χ0) is 18.9. The van der Waals surface area contributed by atoms with E-state index >= 15 is 0 Å². The molecule has 0 unspecified atom stereocenters. The van der Waals surface area contributed by atoms with Crippen molar-refractivity contribution in [2.24, 2.45) is 7.05 Å². The Bertz CT molecular complexity index is 1080. The molecule has 1 heterocycles. The number of benzene rings is 2. The van der Waals surface area contributed by atoms with Crippen LogP contribution in [-0.4, -0.2) is 24.0 Å². The van der Waals surface area contributed by atoms with Gasteiger partial charge in [0.05, 0.1) is 16.3 Å². The van der Waals surface area contributed by atoms with Gasteiger partial charge in [0, 0.05) is 11.9 Å². The molecule has 0 saturated carbocycles. The van der Waals surface area contributed by atoms with E-state index in [-0.39, 0.29) is 10.6 Å². The lowest BCUT2D eigenvalue weighted by Gasteiger charge is -2.08. The summed E-state index contributed by atoms with van der Waals surface area (Å²) in [6, 6.07) is 15.6. The Morgan fingerprint density at radius 1 is 1.00 bits per heavy atom. The number of nitrogens with zero attached hydrogens (tertiary/aromatic N) is 2. The highest BCUT2D eigenvalue weighted by atomic mass is 32.2. The predicted octanol–water partition coefficient (Wildman–Crippen LogP) is 3.01. The number of hydrogen-bond acceptors (Lipinski definition) is 4. The van der Waals surface area contributed by atoms with E-state index in [9.17, 15) is 13.2 Å². The molecule has 0 spiro atoms. The van der Waals surface area contributed by atoms with Gasteiger partial charge < -0.3 is 0 Å². The summed E-state index contributed by atoms with van der Waals surface area (Å²) in [6.07, 6.45) is 1.92. The fraction of sp³-hybridized carbons (Fsp3) is 0.167. The third-order valence-electron chi connectivity index (χ3n) is 4.16. The van der Waals surface area contributed by atoms with Crippen LogP contribution < -0.4 is 10.3 Å². The topological polar surface area (TPSA) is 73.1 Å². The fourth-order valence-corrected chi connectivity index (χ4v) is 4.16. The van der Waals surface area contributed by atoms with Crippen molar-refractivity contribution in [2.45, 2.75) is 16.7 Å². The zero-order valence-corrected chi connectivity index (χ0v) is 16.3. The van der Waals surface area contributed by atoms with Crippen LogP contribution in [-0.2, 0) is 17.1 Å². The molecule has 6 nitrogen and oxygen atoms in total. The van der Waals surface area contributed by atoms with Crippen LogP contribution in [0.2, 0.25) is 0 Å². The summed E-state index contributed by atoms with van der Waals surface area (Å²) in [6.45, 7) is 1.70. The lowest BCUT2D eigenvalue weighted by molar-refractivity contribution is 0.601. The molecule has 1 aromatic heterocycles. The Morgan fingerprint density at radius 3 is 2.19 bits per heavy atom. The van der Waals surface area contributed by atoms with Crippen LogP contribution in [0.1, 0.15) is 5.69 Å². The van der Waals surface area contributed by atoms with Crippen LogP contribution in [0.5, 0.6) is 0 Å². The molecule has 26 heavy (non-hydrogen) atoms. The van der Waals surface area contributed by atoms with E-state index < -0.39 is 15.6 Å². The SMILES string of the molecule is CSc1ccc(S(=O)(=O)Nc2c(C)n(C)n(-c3ccccc3)c2=O)cc1. The van der Waals surface area contributed by atoms with Gasteiger partial charge in [-0.2, -0.15) is 0 Å². The third-order valence-corrected chi connectivity index (χ3v) is 6.27. The molecule has 3 aromatic rings. The number of thioether (sulfide) groups is 1. The van der Waals surface area contributed by atoms with Gasteiger partial charge in [0.1, 0.15) is 5.69 Å². The van der Waals surface area contributed by atoms with Crippen molar-refractivity contribution in [1.29, 1.82) is 0 Å². The van der Waals surface area contributed by atoms with Crippen molar-refractivity contribution < 1.29 is 8.42 Å². The quantitative estimate of drug-likeness (QED) is 0.681. The van der Waals surface area contributed by atoms with Crippen LogP contribution in [0.15, 0.2) is 69.2 Å². The molecular formula is C18H19N3O3S2. The minimum absolute atomic E-state index is 0.0466. The van der Waals surface area contributed by atoms with Crippen LogP contribution >= 0.6 is 11.8 Å². The van der Waals surface area contributed by atoms with Gasteiger partial charge in [-0.3, -0.25) is 14.2 Å². The first-order valence-electron chi connectivity index (χ1n) is 7.86. The van der Waals surface area contributed by atoms with Crippen LogP contribution in [0, 0.1) is 6.92 Å². The molecule has 0 aliphatic carbocycles. The third kappa shape index (κ3) is 3.30. The van der Waals surface area contributed by atoms with Crippen molar-refractivity contribution in [3.05, 3.63) is 70.6 Å². The van der Waals surface area contributed by atoms with Crippen molar-refractivity contribution in [1.82, 2.24) is 9.36 Å². The van der Waals surface area contributed by atoms with E-state index in [0.29, 0.717) is 11.4 Å². The van der Waals surface area contributed by atoms with Crippen molar-refractivity contribution in [2.75, 3.05) is 11.0 Å².